The van der Waals surface area contributed by atoms with Crippen molar-refractivity contribution in [3.05, 3.63) is 65.5 Å². The van der Waals surface area contributed by atoms with Crippen molar-refractivity contribution in [3.63, 3.8) is 0 Å². The molecule has 38 heavy (non-hydrogen) atoms. The molecule has 1 aliphatic rings. The van der Waals surface area contributed by atoms with Gasteiger partial charge < -0.3 is 30.1 Å². The Kier molecular flexibility index (Phi) is 9.67. The number of aliphatic hydroxyl groups excluding tert-OH is 1. The summed E-state index contributed by atoms with van der Waals surface area (Å²) in [6, 6.07) is 9.92. The number of aromatic nitrogens is 2. The number of rotatable bonds is 12. The van der Waals surface area contributed by atoms with Crippen molar-refractivity contribution in [1.82, 2.24) is 15.3 Å². The van der Waals surface area contributed by atoms with E-state index in [9.17, 15) is 8.78 Å². The first-order chi connectivity index (χ1) is 18.5. The third-order valence-corrected chi connectivity index (χ3v) is 6.61. The van der Waals surface area contributed by atoms with Crippen LogP contribution in [0.5, 0.6) is 11.5 Å². The Morgan fingerprint density at radius 3 is 2.42 bits per heavy atom. The molecule has 204 valence electrons. The summed E-state index contributed by atoms with van der Waals surface area (Å²) in [6.07, 6.45) is 6.20. The summed E-state index contributed by atoms with van der Waals surface area (Å²) in [6.45, 7) is 4.35. The Balaban J connectivity index is 1.32. The van der Waals surface area contributed by atoms with E-state index in [-0.39, 0.29) is 24.5 Å². The molecule has 0 bridgehead atoms. The minimum Gasteiger partial charge on any atom is -0.494 e. The first kappa shape index (κ1) is 27.5. The topological polar surface area (TPSA) is 91.8 Å². The minimum absolute atomic E-state index is 0.00481. The number of anilines is 3. The average Bonchev–Trinajstić information content (AvgIpc) is 2.95. The van der Waals surface area contributed by atoms with Crippen molar-refractivity contribution in [2.24, 2.45) is 0 Å². The fourth-order valence-corrected chi connectivity index (χ4v) is 4.56. The van der Waals surface area contributed by atoms with E-state index < -0.39 is 11.6 Å². The van der Waals surface area contributed by atoms with Gasteiger partial charge in [0.25, 0.3) is 0 Å². The fraction of sp³-hybridized carbons (Fsp3) is 0.429. The zero-order valence-electron chi connectivity index (χ0n) is 21.8. The zero-order chi connectivity index (χ0) is 26.9. The van der Waals surface area contributed by atoms with Crippen LogP contribution in [0.4, 0.5) is 26.1 Å². The van der Waals surface area contributed by atoms with Crippen LogP contribution in [0.15, 0.2) is 42.7 Å². The number of nitrogens with one attached hydrogen (secondary N) is 2. The van der Waals surface area contributed by atoms with Gasteiger partial charge in [0, 0.05) is 37.1 Å². The molecule has 3 aromatic rings. The van der Waals surface area contributed by atoms with Gasteiger partial charge in [-0.3, -0.25) is 0 Å². The van der Waals surface area contributed by atoms with Crippen molar-refractivity contribution in [2.75, 3.05) is 43.6 Å². The molecule has 0 unspecified atom stereocenters. The summed E-state index contributed by atoms with van der Waals surface area (Å²) in [7, 11) is 1.35. The fourth-order valence-electron chi connectivity index (χ4n) is 4.56. The number of aryl methyl sites for hydroxylation is 1. The molecule has 8 nitrogen and oxygen atoms in total. The lowest BCUT2D eigenvalue weighted by molar-refractivity contribution is 0.277. The maximum absolute atomic E-state index is 14.8. The number of ether oxygens (including phenoxy) is 2. The molecule has 4 rings (SSSR count). The van der Waals surface area contributed by atoms with Gasteiger partial charge in [-0.1, -0.05) is 13.3 Å². The quantitative estimate of drug-likeness (QED) is 0.315. The average molecular weight is 528 g/mol. The molecular formula is C28H35F2N5O3. The van der Waals surface area contributed by atoms with Gasteiger partial charge in [-0.25, -0.2) is 18.7 Å². The predicted molar refractivity (Wildman–Crippen MR) is 143 cm³/mol. The van der Waals surface area contributed by atoms with E-state index in [1.54, 1.807) is 0 Å². The number of nitrogens with zero attached hydrogens (tertiary/aromatic N) is 3. The van der Waals surface area contributed by atoms with Gasteiger partial charge in [-0.15, -0.1) is 0 Å². The summed E-state index contributed by atoms with van der Waals surface area (Å²) in [5, 5.41) is 15.5. The first-order valence-electron chi connectivity index (χ1n) is 13.0. The van der Waals surface area contributed by atoms with Crippen molar-refractivity contribution >= 4 is 17.3 Å². The third kappa shape index (κ3) is 6.87. The van der Waals surface area contributed by atoms with Crippen LogP contribution in [0.2, 0.25) is 0 Å². The van der Waals surface area contributed by atoms with Gasteiger partial charge in [-0.05, 0) is 55.2 Å². The van der Waals surface area contributed by atoms with E-state index in [1.165, 1.54) is 25.6 Å². The lowest BCUT2D eigenvalue weighted by Gasteiger charge is -2.34. The monoisotopic (exact) mass is 527 g/mol. The van der Waals surface area contributed by atoms with Gasteiger partial charge in [-0.2, -0.15) is 0 Å². The lowest BCUT2D eigenvalue weighted by Crippen LogP contribution is -2.43. The number of piperidine rings is 1. The van der Waals surface area contributed by atoms with Crippen LogP contribution < -0.4 is 25.0 Å². The van der Waals surface area contributed by atoms with E-state index in [1.807, 2.05) is 19.1 Å². The van der Waals surface area contributed by atoms with Gasteiger partial charge in [0.1, 0.15) is 12.4 Å². The second-order valence-electron chi connectivity index (χ2n) is 9.24. The number of benzene rings is 2. The van der Waals surface area contributed by atoms with Crippen LogP contribution in [-0.4, -0.2) is 54.5 Å². The Labute approximate surface area is 222 Å². The van der Waals surface area contributed by atoms with Crippen molar-refractivity contribution in [3.8, 4) is 11.5 Å². The Morgan fingerprint density at radius 2 is 1.79 bits per heavy atom. The SMILES string of the molecule is CCCc1cc(OC)c(F)c(COc2cnc(Nc3ccc(N4CCC(NCCO)CC4)cc3)nc2)c1F. The highest BCUT2D eigenvalue weighted by Crippen LogP contribution is 2.29. The molecule has 1 fully saturated rings. The maximum atomic E-state index is 14.8. The van der Waals surface area contributed by atoms with Gasteiger partial charge >= 0.3 is 0 Å². The summed E-state index contributed by atoms with van der Waals surface area (Å²) in [4.78, 5) is 10.9. The molecule has 0 radical (unpaired) electrons. The largest absolute Gasteiger partial charge is 0.494 e. The van der Waals surface area contributed by atoms with E-state index in [2.05, 4.69) is 37.6 Å². The number of aliphatic hydroxyl groups is 1. The van der Waals surface area contributed by atoms with Gasteiger partial charge in [0.2, 0.25) is 5.95 Å². The molecule has 0 aliphatic carbocycles. The molecule has 3 N–H and O–H groups in total. The molecule has 0 amide bonds. The van der Waals surface area contributed by atoms with E-state index in [0.29, 0.717) is 36.3 Å². The smallest absolute Gasteiger partial charge is 0.227 e. The van der Waals surface area contributed by atoms with Crippen molar-refractivity contribution < 1.29 is 23.4 Å². The zero-order valence-corrected chi connectivity index (χ0v) is 21.8. The summed E-state index contributed by atoms with van der Waals surface area (Å²) < 4.78 is 40.2. The highest BCUT2D eigenvalue weighted by molar-refractivity contribution is 5.59. The Morgan fingerprint density at radius 1 is 1.08 bits per heavy atom. The summed E-state index contributed by atoms with van der Waals surface area (Å²) in [5.74, 6) is -0.716. The Hall–Kier alpha value is -3.50. The van der Waals surface area contributed by atoms with Crippen LogP contribution in [0.25, 0.3) is 0 Å². The molecule has 1 saturated heterocycles. The van der Waals surface area contributed by atoms with Gasteiger partial charge in [0.15, 0.2) is 17.3 Å². The molecule has 10 heteroatoms. The molecular weight excluding hydrogens is 492 g/mol. The third-order valence-electron chi connectivity index (χ3n) is 6.61. The molecule has 2 aromatic carbocycles. The second kappa shape index (κ2) is 13.3. The highest BCUT2D eigenvalue weighted by atomic mass is 19.1. The molecule has 0 saturated carbocycles. The standard InChI is InChI=1S/C28H35F2N5O3/c1-3-4-19-15-25(37-2)27(30)24(26(19)29)18-38-23-16-32-28(33-17-23)34-21-5-7-22(8-6-21)35-12-9-20(10-13-35)31-11-14-36/h5-8,15-17,20,31,36H,3-4,9-14,18H2,1-2H3,(H,32,33,34). The maximum Gasteiger partial charge on any atom is 0.227 e. The van der Waals surface area contributed by atoms with Crippen LogP contribution in [0.1, 0.15) is 37.3 Å². The lowest BCUT2D eigenvalue weighted by atomic mass is 10.0. The van der Waals surface area contributed by atoms with Crippen LogP contribution in [0.3, 0.4) is 0 Å². The second-order valence-corrected chi connectivity index (χ2v) is 9.24. The summed E-state index contributed by atoms with van der Waals surface area (Å²) in [5.41, 5.74) is 2.21. The molecule has 1 aliphatic heterocycles. The normalized spacial score (nSPS) is 14.0. The number of hydrogen-bond acceptors (Lipinski definition) is 8. The van der Waals surface area contributed by atoms with Crippen LogP contribution >= 0.6 is 0 Å². The van der Waals surface area contributed by atoms with Crippen LogP contribution in [0, 0.1) is 11.6 Å². The van der Waals surface area contributed by atoms with Crippen molar-refractivity contribution in [1.29, 1.82) is 0 Å². The van der Waals surface area contributed by atoms with E-state index >= 15 is 0 Å². The van der Waals surface area contributed by atoms with Crippen molar-refractivity contribution in [2.45, 2.75) is 45.3 Å². The number of methoxy groups -OCH3 is 1. The molecule has 1 aromatic heterocycles. The molecule has 0 atom stereocenters. The minimum atomic E-state index is -0.768. The number of hydrogen-bond donors (Lipinski definition) is 3. The molecule has 2 heterocycles. The Bertz CT molecular complexity index is 1170. The highest BCUT2D eigenvalue weighted by Gasteiger charge is 2.20. The van der Waals surface area contributed by atoms with Crippen LogP contribution in [-0.2, 0) is 13.0 Å². The number of halogens is 2. The van der Waals surface area contributed by atoms with E-state index in [4.69, 9.17) is 14.6 Å². The molecule has 0 spiro atoms. The van der Waals surface area contributed by atoms with Gasteiger partial charge in [0.05, 0.1) is 31.7 Å². The first-order valence-corrected chi connectivity index (χ1v) is 13.0. The summed E-state index contributed by atoms with van der Waals surface area (Å²) >= 11 is 0. The van der Waals surface area contributed by atoms with E-state index in [0.717, 1.165) is 43.7 Å². The predicted octanol–water partition coefficient (Wildman–Crippen LogP) is 4.59.